The number of carbonyl (C=O) groups is 1. The number of benzene rings is 1. The molecular formula is C11H16N2O2. The number of rotatable bonds is 4. The SMILES string of the molecule is CN(C)c1cccc(C(=O)NCCO)c1. The third kappa shape index (κ3) is 3.25. The number of nitrogens with zero attached hydrogens (tertiary/aromatic N) is 1. The minimum Gasteiger partial charge on any atom is -0.395 e. The molecule has 0 aliphatic carbocycles. The second-order valence-electron chi connectivity index (χ2n) is 3.42. The van der Waals surface area contributed by atoms with Crippen LogP contribution in [0.5, 0.6) is 0 Å². The summed E-state index contributed by atoms with van der Waals surface area (Å²) in [5.74, 6) is -0.159. The number of hydrogen-bond donors (Lipinski definition) is 2. The largest absolute Gasteiger partial charge is 0.395 e. The number of aliphatic hydroxyl groups is 1. The van der Waals surface area contributed by atoms with Gasteiger partial charge in [0, 0.05) is 31.9 Å². The van der Waals surface area contributed by atoms with E-state index in [1.807, 2.05) is 37.2 Å². The standard InChI is InChI=1S/C11H16N2O2/c1-13(2)10-5-3-4-9(8-10)11(15)12-6-7-14/h3-5,8,14H,6-7H2,1-2H3,(H,12,15). The Morgan fingerprint density at radius 3 is 2.80 bits per heavy atom. The molecule has 0 aromatic heterocycles. The van der Waals surface area contributed by atoms with E-state index in [2.05, 4.69) is 5.32 Å². The third-order valence-corrected chi connectivity index (χ3v) is 2.02. The highest BCUT2D eigenvalue weighted by Gasteiger charge is 2.05. The zero-order chi connectivity index (χ0) is 11.3. The number of carbonyl (C=O) groups excluding carboxylic acids is 1. The molecule has 0 spiro atoms. The fourth-order valence-corrected chi connectivity index (χ4v) is 1.20. The average molecular weight is 208 g/mol. The molecular weight excluding hydrogens is 192 g/mol. The van der Waals surface area contributed by atoms with Crippen LogP contribution in [0.3, 0.4) is 0 Å². The van der Waals surface area contributed by atoms with E-state index in [4.69, 9.17) is 5.11 Å². The number of aliphatic hydroxyl groups excluding tert-OH is 1. The van der Waals surface area contributed by atoms with E-state index in [1.165, 1.54) is 0 Å². The Labute approximate surface area is 89.5 Å². The minimum atomic E-state index is -0.159. The lowest BCUT2D eigenvalue weighted by Gasteiger charge is -2.13. The van der Waals surface area contributed by atoms with E-state index < -0.39 is 0 Å². The molecule has 0 unspecified atom stereocenters. The zero-order valence-corrected chi connectivity index (χ0v) is 9.03. The summed E-state index contributed by atoms with van der Waals surface area (Å²) in [5, 5.41) is 11.2. The van der Waals surface area contributed by atoms with Gasteiger partial charge in [-0.15, -0.1) is 0 Å². The number of amides is 1. The predicted octanol–water partition coefficient (Wildman–Crippen LogP) is 0.475. The zero-order valence-electron chi connectivity index (χ0n) is 9.03. The van der Waals surface area contributed by atoms with Crippen molar-refractivity contribution in [3.63, 3.8) is 0 Å². The summed E-state index contributed by atoms with van der Waals surface area (Å²) in [4.78, 5) is 13.5. The number of hydrogen-bond acceptors (Lipinski definition) is 3. The smallest absolute Gasteiger partial charge is 0.251 e. The van der Waals surface area contributed by atoms with Crippen molar-refractivity contribution >= 4 is 11.6 Å². The molecule has 0 bridgehead atoms. The van der Waals surface area contributed by atoms with E-state index in [0.717, 1.165) is 5.69 Å². The predicted molar refractivity (Wildman–Crippen MR) is 60.2 cm³/mol. The van der Waals surface area contributed by atoms with Crippen molar-refractivity contribution in [1.29, 1.82) is 0 Å². The van der Waals surface area contributed by atoms with Gasteiger partial charge in [0.05, 0.1) is 6.61 Å². The van der Waals surface area contributed by atoms with E-state index in [9.17, 15) is 4.79 Å². The lowest BCUT2D eigenvalue weighted by atomic mass is 10.2. The Balaban J connectivity index is 2.76. The van der Waals surface area contributed by atoms with Gasteiger partial charge in [-0.2, -0.15) is 0 Å². The van der Waals surface area contributed by atoms with Gasteiger partial charge in [-0.1, -0.05) is 6.07 Å². The summed E-state index contributed by atoms with van der Waals surface area (Å²) in [6.45, 7) is 0.240. The van der Waals surface area contributed by atoms with Gasteiger partial charge < -0.3 is 15.3 Å². The highest BCUT2D eigenvalue weighted by molar-refractivity contribution is 5.95. The van der Waals surface area contributed by atoms with Gasteiger partial charge in [-0.05, 0) is 18.2 Å². The van der Waals surface area contributed by atoms with Crippen LogP contribution in [0.25, 0.3) is 0 Å². The molecule has 2 N–H and O–H groups in total. The minimum absolute atomic E-state index is 0.0425. The highest BCUT2D eigenvalue weighted by atomic mass is 16.3. The van der Waals surface area contributed by atoms with Crippen molar-refractivity contribution < 1.29 is 9.90 Å². The first-order valence-electron chi connectivity index (χ1n) is 4.81. The molecule has 1 rings (SSSR count). The molecule has 0 fully saturated rings. The second-order valence-corrected chi connectivity index (χ2v) is 3.42. The maximum atomic E-state index is 11.5. The number of nitrogens with one attached hydrogen (secondary N) is 1. The summed E-state index contributed by atoms with van der Waals surface area (Å²) >= 11 is 0. The normalized spacial score (nSPS) is 9.80. The van der Waals surface area contributed by atoms with Crippen LogP contribution >= 0.6 is 0 Å². The quantitative estimate of drug-likeness (QED) is 0.756. The van der Waals surface area contributed by atoms with Crippen molar-refractivity contribution in [2.75, 3.05) is 32.1 Å². The summed E-state index contributed by atoms with van der Waals surface area (Å²) in [5.41, 5.74) is 1.58. The van der Waals surface area contributed by atoms with Crippen molar-refractivity contribution in [2.24, 2.45) is 0 Å². The van der Waals surface area contributed by atoms with Crippen LogP contribution in [-0.4, -0.2) is 38.3 Å². The molecule has 0 saturated carbocycles. The summed E-state index contributed by atoms with van der Waals surface area (Å²) in [6.07, 6.45) is 0. The van der Waals surface area contributed by atoms with Crippen LogP contribution in [0, 0.1) is 0 Å². The van der Waals surface area contributed by atoms with Crippen LogP contribution < -0.4 is 10.2 Å². The first kappa shape index (κ1) is 11.5. The molecule has 1 aromatic carbocycles. The molecule has 0 aliphatic heterocycles. The lowest BCUT2D eigenvalue weighted by Crippen LogP contribution is -2.26. The van der Waals surface area contributed by atoms with Crippen LogP contribution in [-0.2, 0) is 0 Å². The first-order valence-corrected chi connectivity index (χ1v) is 4.81. The van der Waals surface area contributed by atoms with E-state index in [0.29, 0.717) is 5.56 Å². The third-order valence-electron chi connectivity index (χ3n) is 2.02. The van der Waals surface area contributed by atoms with Gasteiger partial charge >= 0.3 is 0 Å². The van der Waals surface area contributed by atoms with Crippen molar-refractivity contribution in [1.82, 2.24) is 5.32 Å². The van der Waals surface area contributed by atoms with Gasteiger partial charge in [0.15, 0.2) is 0 Å². The summed E-state index contributed by atoms with van der Waals surface area (Å²) < 4.78 is 0. The molecule has 15 heavy (non-hydrogen) atoms. The van der Waals surface area contributed by atoms with E-state index >= 15 is 0 Å². The molecule has 0 heterocycles. The Morgan fingerprint density at radius 2 is 2.20 bits per heavy atom. The van der Waals surface area contributed by atoms with Crippen molar-refractivity contribution in [3.8, 4) is 0 Å². The Hall–Kier alpha value is -1.55. The maximum absolute atomic E-state index is 11.5. The molecule has 0 saturated heterocycles. The maximum Gasteiger partial charge on any atom is 0.251 e. The first-order chi connectivity index (χ1) is 7.15. The molecule has 1 amide bonds. The van der Waals surface area contributed by atoms with Gasteiger partial charge in [-0.25, -0.2) is 0 Å². The van der Waals surface area contributed by atoms with E-state index in [1.54, 1.807) is 6.07 Å². The lowest BCUT2D eigenvalue weighted by molar-refractivity contribution is 0.0945. The Morgan fingerprint density at radius 1 is 1.47 bits per heavy atom. The summed E-state index contributed by atoms with van der Waals surface area (Å²) in [7, 11) is 3.84. The Kier molecular flexibility index (Phi) is 4.12. The van der Waals surface area contributed by atoms with Crippen LogP contribution in [0.4, 0.5) is 5.69 Å². The van der Waals surface area contributed by atoms with Crippen LogP contribution in [0.2, 0.25) is 0 Å². The molecule has 0 radical (unpaired) electrons. The molecule has 1 aromatic rings. The second kappa shape index (κ2) is 5.36. The van der Waals surface area contributed by atoms with E-state index in [-0.39, 0.29) is 19.1 Å². The Bertz CT molecular complexity index is 337. The van der Waals surface area contributed by atoms with Crippen LogP contribution in [0.1, 0.15) is 10.4 Å². The van der Waals surface area contributed by atoms with Gasteiger partial charge in [0.1, 0.15) is 0 Å². The fraction of sp³-hybridized carbons (Fsp3) is 0.364. The van der Waals surface area contributed by atoms with Crippen molar-refractivity contribution in [3.05, 3.63) is 29.8 Å². The van der Waals surface area contributed by atoms with Gasteiger partial charge in [-0.3, -0.25) is 4.79 Å². The average Bonchev–Trinajstić information content (AvgIpc) is 2.26. The van der Waals surface area contributed by atoms with Crippen molar-refractivity contribution in [2.45, 2.75) is 0 Å². The topological polar surface area (TPSA) is 52.6 Å². The fourth-order valence-electron chi connectivity index (χ4n) is 1.20. The monoisotopic (exact) mass is 208 g/mol. The molecule has 4 nitrogen and oxygen atoms in total. The van der Waals surface area contributed by atoms with Gasteiger partial charge in [0.25, 0.3) is 5.91 Å². The highest BCUT2D eigenvalue weighted by Crippen LogP contribution is 2.12. The summed E-state index contributed by atoms with van der Waals surface area (Å²) in [6, 6.07) is 7.33. The molecule has 4 heteroatoms. The van der Waals surface area contributed by atoms with Crippen LogP contribution in [0.15, 0.2) is 24.3 Å². The van der Waals surface area contributed by atoms with Gasteiger partial charge in [0.2, 0.25) is 0 Å². The molecule has 0 aliphatic rings. The molecule has 82 valence electrons. The molecule has 0 atom stereocenters. The number of anilines is 1.